The number of fused-ring (bicyclic) bond motifs is 1. The van der Waals surface area contributed by atoms with Crippen molar-refractivity contribution in [1.82, 2.24) is 14.3 Å². The molecule has 1 amide bonds. The zero-order valence-electron chi connectivity index (χ0n) is 22.2. The SMILES string of the molecule is COCCN(CCC(=O)O)S(=O)(=O)c1ccc([C@@H](CC2CCCCC2)C(=O)Nc2nc3ccc(Cl)nc3s2)cc1. The Morgan fingerprint density at radius 2 is 1.85 bits per heavy atom. The minimum absolute atomic E-state index is 0.0306. The number of sulfonamides is 1. The molecule has 0 aliphatic heterocycles. The zero-order chi connectivity index (χ0) is 28.7. The van der Waals surface area contributed by atoms with Crippen LogP contribution >= 0.6 is 22.9 Å². The number of rotatable bonds is 13. The van der Waals surface area contributed by atoms with E-state index in [4.69, 9.17) is 21.4 Å². The van der Waals surface area contributed by atoms with Gasteiger partial charge in [-0.1, -0.05) is 67.2 Å². The molecule has 1 aliphatic rings. The third-order valence-corrected chi connectivity index (χ3v) is 10.1. The van der Waals surface area contributed by atoms with Crippen LogP contribution in [0.15, 0.2) is 41.3 Å². The number of carboxylic acids is 1. The summed E-state index contributed by atoms with van der Waals surface area (Å²) in [6, 6.07) is 9.71. The number of aromatic nitrogens is 2. The Balaban J connectivity index is 1.57. The molecule has 4 rings (SSSR count). The number of aliphatic carboxylic acids is 1. The average molecular weight is 609 g/mol. The molecular formula is C27H33ClN4O6S2. The van der Waals surface area contributed by atoms with Crippen LogP contribution < -0.4 is 5.32 Å². The molecule has 1 aliphatic carbocycles. The van der Waals surface area contributed by atoms with Crippen LogP contribution in [-0.2, 0) is 24.3 Å². The Labute approximate surface area is 242 Å². The van der Waals surface area contributed by atoms with Crippen molar-refractivity contribution in [3.8, 4) is 0 Å². The maximum Gasteiger partial charge on any atom is 0.304 e. The standard InChI is InChI=1S/C27H33ClN4O6S2/c1-38-16-15-32(14-13-24(33)34)40(36,37)20-9-7-19(8-10-20)21(17-18-5-3-2-4-6-18)25(35)31-27-29-22-11-12-23(28)30-26(22)39-27/h7-12,18,21H,2-6,13-17H2,1H3,(H,33,34)(H,29,31,35)/t21-/m1/s1. The lowest BCUT2D eigenvalue weighted by Gasteiger charge is -2.26. The number of benzene rings is 1. The van der Waals surface area contributed by atoms with Crippen molar-refractivity contribution in [1.29, 1.82) is 0 Å². The van der Waals surface area contributed by atoms with Gasteiger partial charge in [-0.2, -0.15) is 4.31 Å². The molecule has 0 bridgehead atoms. The molecule has 40 heavy (non-hydrogen) atoms. The predicted molar refractivity (Wildman–Crippen MR) is 154 cm³/mol. The number of hydrogen-bond acceptors (Lipinski definition) is 8. The normalized spacial score (nSPS) is 15.4. The number of amides is 1. The van der Waals surface area contributed by atoms with E-state index in [2.05, 4.69) is 15.3 Å². The molecule has 1 fully saturated rings. The summed E-state index contributed by atoms with van der Waals surface area (Å²) in [7, 11) is -2.51. The number of carbonyl (C=O) groups is 2. The number of nitrogens with zero attached hydrogens (tertiary/aromatic N) is 3. The minimum Gasteiger partial charge on any atom is -0.481 e. The fourth-order valence-electron chi connectivity index (χ4n) is 4.98. The van der Waals surface area contributed by atoms with E-state index in [0.29, 0.717) is 38.5 Å². The van der Waals surface area contributed by atoms with E-state index >= 15 is 0 Å². The van der Waals surface area contributed by atoms with Gasteiger partial charge < -0.3 is 15.2 Å². The van der Waals surface area contributed by atoms with Gasteiger partial charge in [-0.25, -0.2) is 18.4 Å². The quantitative estimate of drug-likeness (QED) is 0.254. The van der Waals surface area contributed by atoms with E-state index in [9.17, 15) is 18.0 Å². The number of methoxy groups -OCH3 is 1. The summed E-state index contributed by atoms with van der Waals surface area (Å²) in [6.45, 7) is -0.00536. The van der Waals surface area contributed by atoms with Crippen LogP contribution in [-0.4, -0.2) is 66.5 Å². The molecule has 0 spiro atoms. The first-order valence-corrected chi connectivity index (χ1v) is 15.9. The number of anilines is 1. The number of halogens is 1. The molecule has 0 saturated heterocycles. The maximum atomic E-state index is 13.6. The predicted octanol–water partition coefficient (Wildman–Crippen LogP) is 5.15. The van der Waals surface area contributed by atoms with Crippen molar-refractivity contribution in [2.45, 2.75) is 55.8 Å². The Kier molecular flexibility index (Phi) is 10.5. The van der Waals surface area contributed by atoms with Crippen LogP contribution in [0.1, 0.15) is 56.4 Å². The van der Waals surface area contributed by atoms with Crippen LogP contribution in [0, 0.1) is 5.92 Å². The summed E-state index contributed by atoms with van der Waals surface area (Å²) in [6.07, 6.45) is 5.89. The molecule has 2 heterocycles. The van der Waals surface area contributed by atoms with Gasteiger partial charge in [0.1, 0.15) is 15.5 Å². The molecule has 0 radical (unpaired) electrons. The highest BCUT2D eigenvalue weighted by Crippen LogP contribution is 2.35. The van der Waals surface area contributed by atoms with Gasteiger partial charge in [-0.05, 0) is 42.2 Å². The summed E-state index contributed by atoms with van der Waals surface area (Å²) in [5, 5.41) is 12.8. The molecule has 1 aromatic carbocycles. The second kappa shape index (κ2) is 13.8. The lowest BCUT2D eigenvalue weighted by atomic mass is 9.80. The number of carboxylic acid groups (broad SMARTS) is 1. The Morgan fingerprint density at radius 1 is 1.12 bits per heavy atom. The summed E-state index contributed by atoms with van der Waals surface area (Å²) in [5.41, 5.74) is 1.35. The zero-order valence-corrected chi connectivity index (χ0v) is 24.6. The van der Waals surface area contributed by atoms with E-state index in [1.807, 2.05) is 0 Å². The van der Waals surface area contributed by atoms with Crippen LogP contribution in [0.2, 0.25) is 5.15 Å². The second-order valence-corrected chi connectivity index (χ2v) is 13.2. The van der Waals surface area contributed by atoms with E-state index < -0.39 is 21.9 Å². The average Bonchev–Trinajstić information content (AvgIpc) is 3.33. The van der Waals surface area contributed by atoms with Gasteiger partial charge in [-0.15, -0.1) is 0 Å². The van der Waals surface area contributed by atoms with Crippen LogP contribution in [0.5, 0.6) is 0 Å². The van der Waals surface area contributed by atoms with Gasteiger partial charge in [0.25, 0.3) is 0 Å². The van der Waals surface area contributed by atoms with Crippen molar-refractivity contribution >= 4 is 60.3 Å². The molecule has 216 valence electrons. The van der Waals surface area contributed by atoms with E-state index in [1.54, 1.807) is 24.3 Å². The fourth-order valence-corrected chi connectivity index (χ4v) is 7.44. The number of pyridine rings is 1. The van der Waals surface area contributed by atoms with E-state index in [0.717, 1.165) is 30.0 Å². The number of nitrogens with one attached hydrogen (secondary N) is 1. The van der Waals surface area contributed by atoms with Crippen molar-refractivity contribution in [3.63, 3.8) is 0 Å². The largest absolute Gasteiger partial charge is 0.481 e. The molecular weight excluding hydrogens is 576 g/mol. The van der Waals surface area contributed by atoms with Crippen molar-refractivity contribution in [2.75, 3.05) is 32.1 Å². The smallest absolute Gasteiger partial charge is 0.304 e. The van der Waals surface area contributed by atoms with Crippen LogP contribution in [0.4, 0.5) is 5.13 Å². The van der Waals surface area contributed by atoms with Gasteiger partial charge in [0, 0.05) is 20.2 Å². The first kappa shape index (κ1) is 30.3. The molecule has 2 aromatic heterocycles. The van der Waals surface area contributed by atoms with Gasteiger partial charge in [0.05, 0.1) is 23.8 Å². The van der Waals surface area contributed by atoms with Gasteiger partial charge in [0.2, 0.25) is 15.9 Å². The lowest BCUT2D eigenvalue weighted by molar-refractivity contribution is -0.137. The third kappa shape index (κ3) is 7.76. The first-order valence-electron chi connectivity index (χ1n) is 13.2. The molecule has 13 heteroatoms. The minimum atomic E-state index is -3.96. The second-order valence-electron chi connectivity index (χ2n) is 9.87. The van der Waals surface area contributed by atoms with Gasteiger partial charge in [-0.3, -0.25) is 9.59 Å². The summed E-state index contributed by atoms with van der Waals surface area (Å²) < 4.78 is 32.7. The fraction of sp³-hybridized carbons (Fsp3) is 0.481. The molecule has 2 N–H and O–H groups in total. The molecule has 0 unspecified atom stereocenters. The van der Waals surface area contributed by atoms with E-state index in [-0.39, 0.29) is 36.9 Å². The lowest BCUT2D eigenvalue weighted by Crippen LogP contribution is -2.35. The van der Waals surface area contributed by atoms with Crippen LogP contribution in [0.3, 0.4) is 0 Å². The monoisotopic (exact) mass is 608 g/mol. The number of carbonyl (C=O) groups excluding carboxylic acids is 1. The topological polar surface area (TPSA) is 139 Å². The van der Waals surface area contributed by atoms with Crippen molar-refractivity contribution < 1.29 is 27.9 Å². The molecule has 1 atom stereocenters. The Hall–Kier alpha value is -2.64. The number of thiazole rings is 1. The molecule has 10 nitrogen and oxygen atoms in total. The van der Waals surface area contributed by atoms with Gasteiger partial charge >= 0.3 is 5.97 Å². The summed E-state index contributed by atoms with van der Waals surface area (Å²) >= 11 is 7.24. The summed E-state index contributed by atoms with van der Waals surface area (Å²) in [5.74, 6) is -1.41. The highest BCUT2D eigenvalue weighted by Gasteiger charge is 2.29. The van der Waals surface area contributed by atoms with Crippen molar-refractivity contribution in [3.05, 3.63) is 47.1 Å². The van der Waals surface area contributed by atoms with Crippen LogP contribution in [0.25, 0.3) is 10.3 Å². The van der Waals surface area contributed by atoms with E-state index in [1.165, 1.54) is 37.0 Å². The Bertz CT molecular complexity index is 1420. The molecule has 3 aromatic rings. The number of ether oxygens (including phenoxy) is 1. The highest BCUT2D eigenvalue weighted by molar-refractivity contribution is 7.89. The highest BCUT2D eigenvalue weighted by atomic mass is 35.5. The maximum absolute atomic E-state index is 13.6. The van der Waals surface area contributed by atoms with Gasteiger partial charge in [0.15, 0.2) is 5.13 Å². The van der Waals surface area contributed by atoms with Crippen molar-refractivity contribution in [2.24, 2.45) is 5.92 Å². The Morgan fingerprint density at radius 3 is 2.52 bits per heavy atom. The third-order valence-electron chi connectivity index (χ3n) is 7.10. The summed E-state index contributed by atoms with van der Waals surface area (Å²) in [4.78, 5) is 34.1. The molecule has 1 saturated carbocycles. The number of hydrogen-bond donors (Lipinski definition) is 2. The first-order chi connectivity index (χ1) is 19.2.